The predicted molar refractivity (Wildman–Crippen MR) is 55.8 cm³/mol. The summed E-state index contributed by atoms with van der Waals surface area (Å²) in [5.74, 6) is 0. The van der Waals surface area contributed by atoms with Gasteiger partial charge in [-0.1, -0.05) is 0 Å². The minimum absolute atomic E-state index is 0.0805. The zero-order valence-electron chi connectivity index (χ0n) is 8.70. The maximum atomic E-state index is 10.5. The van der Waals surface area contributed by atoms with Crippen LogP contribution in [-0.2, 0) is 0 Å². The molecule has 0 saturated carbocycles. The summed E-state index contributed by atoms with van der Waals surface area (Å²) < 4.78 is 0. The van der Waals surface area contributed by atoms with Crippen molar-refractivity contribution in [2.45, 2.75) is 12.2 Å². The van der Waals surface area contributed by atoms with Crippen LogP contribution < -0.4 is 5.32 Å². The monoisotopic (exact) mass is 227 g/mol. The predicted octanol–water partition coefficient (Wildman–Crippen LogP) is -0.397. The highest BCUT2D eigenvalue weighted by atomic mass is 16.6. The number of likely N-dealkylation sites (N-methyl/N-ethyl adjacent to an activating group) is 1. The van der Waals surface area contributed by atoms with Gasteiger partial charge in [0.25, 0.3) is 5.69 Å². The van der Waals surface area contributed by atoms with E-state index in [1.807, 2.05) is 0 Å². The van der Waals surface area contributed by atoms with Gasteiger partial charge in [0.1, 0.15) is 6.10 Å². The number of hydrogen-bond acceptors (Lipinski definition) is 6. The Balaban J connectivity index is 2.86. The number of hydrogen-bond donors (Lipinski definition) is 3. The molecule has 2 unspecified atom stereocenters. The van der Waals surface area contributed by atoms with Gasteiger partial charge in [-0.2, -0.15) is 0 Å². The summed E-state index contributed by atoms with van der Waals surface area (Å²) in [6, 6.07) is 2.37. The molecule has 16 heavy (non-hydrogen) atoms. The maximum absolute atomic E-state index is 10.5. The first-order chi connectivity index (χ1) is 7.56. The first-order valence-corrected chi connectivity index (χ1v) is 4.67. The molecule has 1 aromatic heterocycles. The summed E-state index contributed by atoms with van der Waals surface area (Å²) in [5.41, 5.74) is -0.0855. The molecule has 0 amide bonds. The Hall–Kier alpha value is -1.57. The number of nitrogens with one attached hydrogen (secondary N) is 1. The fraction of sp³-hybridized carbons (Fsp3) is 0.444. The number of aliphatic hydroxyl groups excluding tert-OH is 2. The zero-order chi connectivity index (χ0) is 12.1. The van der Waals surface area contributed by atoms with Gasteiger partial charge in [-0.25, -0.2) is 0 Å². The van der Waals surface area contributed by atoms with Crippen LogP contribution in [0.3, 0.4) is 0 Å². The number of pyridine rings is 1. The minimum Gasteiger partial charge on any atom is -0.389 e. The average Bonchev–Trinajstić information content (AvgIpc) is 2.28. The highest BCUT2D eigenvalue weighted by molar-refractivity contribution is 5.30. The molecule has 0 aromatic carbocycles. The minimum atomic E-state index is -1.24. The molecule has 88 valence electrons. The van der Waals surface area contributed by atoms with Gasteiger partial charge in [0.15, 0.2) is 0 Å². The average molecular weight is 227 g/mol. The molecule has 1 heterocycles. The van der Waals surface area contributed by atoms with Crippen LogP contribution in [-0.4, -0.2) is 39.8 Å². The summed E-state index contributed by atoms with van der Waals surface area (Å²) in [6.07, 6.45) is -1.07. The molecule has 0 aliphatic rings. The van der Waals surface area contributed by atoms with E-state index < -0.39 is 17.1 Å². The molecule has 3 N–H and O–H groups in total. The molecule has 0 aliphatic heterocycles. The Kier molecular flexibility index (Phi) is 4.29. The van der Waals surface area contributed by atoms with E-state index in [9.17, 15) is 20.3 Å². The fourth-order valence-electron chi connectivity index (χ4n) is 1.23. The summed E-state index contributed by atoms with van der Waals surface area (Å²) in [4.78, 5) is 13.7. The van der Waals surface area contributed by atoms with Crippen molar-refractivity contribution < 1.29 is 15.1 Å². The molecule has 0 radical (unpaired) electrons. The Morgan fingerprint density at radius 1 is 1.62 bits per heavy atom. The Labute approximate surface area is 91.9 Å². The molecule has 7 heteroatoms. The molecule has 2 atom stereocenters. The Bertz CT molecular complexity index is 372. The van der Waals surface area contributed by atoms with E-state index in [0.717, 1.165) is 6.07 Å². The summed E-state index contributed by atoms with van der Waals surface area (Å²) in [7, 11) is 1.62. The number of aliphatic hydroxyl groups is 2. The third kappa shape index (κ3) is 2.96. The van der Waals surface area contributed by atoms with Crippen molar-refractivity contribution in [2.75, 3.05) is 13.6 Å². The van der Waals surface area contributed by atoms with Crippen LogP contribution in [0.1, 0.15) is 11.8 Å². The lowest BCUT2D eigenvalue weighted by Crippen LogP contribution is -2.30. The van der Waals surface area contributed by atoms with Gasteiger partial charge in [0, 0.05) is 24.9 Å². The van der Waals surface area contributed by atoms with Crippen molar-refractivity contribution in [2.24, 2.45) is 0 Å². The zero-order valence-corrected chi connectivity index (χ0v) is 8.70. The van der Waals surface area contributed by atoms with E-state index in [2.05, 4.69) is 10.3 Å². The summed E-state index contributed by atoms with van der Waals surface area (Å²) in [5, 5.41) is 32.3. The highest BCUT2D eigenvalue weighted by Crippen LogP contribution is 2.18. The largest absolute Gasteiger partial charge is 0.389 e. The number of aromatic nitrogens is 1. The second-order valence-corrected chi connectivity index (χ2v) is 3.27. The number of rotatable bonds is 5. The molecule has 0 fully saturated rings. The van der Waals surface area contributed by atoms with Crippen LogP contribution in [0.2, 0.25) is 0 Å². The molecule has 0 spiro atoms. The Morgan fingerprint density at radius 3 is 2.88 bits per heavy atom. The van der Waals surface area contributed by atoms with Gasteiger partial charge in [-0.05, 0) is 7.05 Å². The van der Waals surface area contributed by atoms with E-state index in [1.165, 1.54) is 12.3 Å². The molecule has 0 aliphatic carbocycles. The van der Waals surface area contributed by atoms with E-state index in [0.29, 0.717) is 0 Å². The van der Waals surface area contributed by atoms with E-state index in [-0.39, 0.29) is 17.9 Å². The van der Waals surface area contributed by atoms with Crippen LogP contribution >= 0.6 is 0 Å². The van der Waals surface area contributed by atoms with Crippen molar-refractivity contribution in [3.63, 3.8) is 0 Å². The van der Waals surface area contributed by atoms with Gasteiger partial charge >= 0.3 is 0 Å². The van der Waals surface area contributed by atoms with Crippen LogP contribution in [0.15, 0.2) is 18.3 Å². The topological polar surface area (TPSA) is 109 Å². The first kappa shape index (κ1) is 12.5. The van der Waals surface area contributed by atoms with Gasteiger partial charge in [-0.15, -0.1) is 0 Å². The van der Waals surface area contributed by atoms with Gasteiger partial charge in [0.2, 0.25) is 0 Å². The van der Waals surface area contributed by atoms with Crippen molar-refractivity contribution in [3.8, 4) is 0 Å². The second-order valence-electron chi connectivity index (χ2n) is 3.27. The molecule has 1 rings (SSSR count). The molecule has 1 aromatic rings. The quantitative estimate of drug-likeness (QED) is 0.466. The molecule has 0 saturated heterocycles. The number of nitrogens with zero attached hydrogens (tertiary/aromatic N) is 2. The molecule has 7 nitrogen and oxygen atoms in total. The van der Waals surface area contributed by atoms with Crippen molar-refractivity contribution in [3.05, 3.63) is 34.1 Å². The van der Waals surface area contributed by atoms with Gasteiger partial charge in [0.05, 0.1) is 16.7 Å². The van der Waals surface area contributed by atoms with E-state index >= 15 is 0 Å². The number of nitro groups is 1. The molecular weight excluding hydrogens is 214 g/mol. The third-order valence-corrected chi connectivity index (χ3v) is 2.06. The molecule has 0 bridgehead atoms. The summed E-state index contributed by atoms with van der Waals surface area (Å²) >= 11 is 0. The van der Waals surface area contributed by atoms with Crippen LogP contribution in [0, 0.1) is 10.1 Å². The van der Waals surface area contributed by atoms with Crippen molar-refractivity contribution in [1.29, 1.82) is 0 Å². The first-order valence-electron chi connectivity index (χ1n) is 4.67. The smallest absolute Gasteiger partial charge is 0.272 e. The maximum Gasteiger partial charge on any atom is 0.272 e. The standard InChI is InChI=1S/C9H13N3O4/c1-10-5-8(13)9(14)7-4-6(12(15)16)2-3-11-7/h2-4,8-10,13-14H,5H2,1H3. The summed E-state index contributed by atoms with van der Waals surface area (Å²) in [6.45, 7) is 0.172. The van der Waals surface area contributed by atoms with E-state index in [1.54, 1.807) is 7.05 Å². The lowest BCUT2D eigenvalue weighted by molar-refractivity contribution is -0.385. The normalized spacial score (nSPS) is 14.4. The van der Waals surface area contributed by atoms with Gasteiger partial charge in [-0.3, -0.25) is 15.1 Å². The second kappa shape index (κ2) is 5.50. The van der Waals surface area contributed by atoms with Crippen LogP contribution in [0.5, 0.6) is 0 Å². The lowest BCUT2D eigenvalue weighted by atomic mass is 10.1. The SMILES string of the molecule is CNCC(O)C(O)c1cc([N+](=O)[O-])ccn1. The molecular formula is C9H13N3O4. The lowest BCUT2D eigenvalue weighted by Gasteiger charge is -2.16. The fourth-order valence-corrected chi connectivity index (χ4v) is 1.23. The van der Waals surface area contributed by atoms with E-state index in [4.69, 9.17) is 0 Å². The van der Waals surface area contributed by atoms with Gasteiger partial charge < -0.3 is 15.5 Å². The third-order valence-electron chi connectivity index (χ3n) is 2.06. The van der Waals surface area contributed by atoms with Crippen molar-refractivity contribution in [1.82, 2.24) is 10.3 Å². The van der Waals surface area contributed by atoms with Crippen molar-refractivity contribution >= 4 is 5.69 Å². The van der Waals surface area contributed by atoms with Crippen LogP contribution in [0.25, 0.3) is 0 Å². The Morgan fingerprint density at radius 2 is 2.31 bits per heavy atom. The highest BCUT2D eigenvalue weighted by Gasteiger charge is 2.20. The van der Waals surface area contributed by atoms with Crippen LogP contribution in [0.4, 0.5) is 5.69 Å².